The van der Waals surface area contributed by atoms with Crippen molar-refractivity contribution in [2.24, 2.45) is 0 Å². The molecule has 0 aromatic heterocycles. The zero-order valence-electron chi connectivity index (χ0n) is 15.9. The average Bonchev–Trinajstić information content (AvgIpc) is 2.72. The van der Waals surface area contributed by atoms with Gasteiger partial charge in [-0.1, -0.05) is 86.5 Å². The molecule has 1 heteroatoms. The fourth-order valence-electron chi connectivity index (χ4n) is 3.80. The molecule has 26 heavy (non-hydrogen) atoms. The molecule has 0 fully saturated rings. The van der Waals surface area contributed by atoms with Gasteiger partial charge in [0.2, 0.25) is 0 Å². The summed E-state index contributed by atoms with van der Waals surface area (Å²) in [6, 6.07) is 33.7. The van der Waals surface area contributed by atoms with E-state index in [0.717, 1.165) is 6.16 Å². The first-order valence-electron chi connectivity index (χ1n) is 9.87. The molecule has 0 unspecified atom stereocenters. The molecule has 0 nitrogen and oxygen atoms in total. The number of hydrogen-bond donors (Lipinski definition) is 0. The highest BCUT2D eigenvalue weighted by Crippen LogP contribution is 2.59. The third-order valence-corrected chi connectivity index (χ3v) is 9.75. The Balaban J connectivity index is 2.04. The van der Waals surface area contributed by atoms with E-state index < -0.39 is 7.26 Å². The van der Waals surface area contributed by atoms with Crippen LogP contribution in [0.3, 0.4) is 0 Å². The molecule has 0 aliphatic rings. The maximum absolute atomic E-state index is 2.36. The van der Waals surface area contributed by atoms with Gasteiger partial charge >= 0.3 is 0 Å². The number of unbranched alkanes of at least 4 members (excludes halogenated alkanes) is 3. The summed E-state index contributed by atoms with van der Waals surface area (Å²) in [6.45, 7) is 2.29. The molecular formula is C25H30P+. The van der Waals surface area contributed by atoms with E-state index >= 15 is 0 Å². The second-order valence-electron chi connectivity index (χ2n) is 7.07. The lowest BCUT2D eigenvalue weighted by molar-refractivity contribution is 0.704. The maximum Gasteiger partial charge on any atom is 0.0995 e. The van der Waals surface area contributed by atoms with Crippen molar-refractivity contribution in [3.8, 4) is 0 Å². The van der Waals surface area contributed by atoms with Crippen molar-refractivity contribution in [2.75, 3.05) is 6.16 Å². The van der Waals surface area contributed by atoms with Gasteiger partial charge in [-0.2, -0.15) is 0 Å². The standard InChI is InChI=1S/C25H30P/c1-2-3-4-14-21-26(24-17-10-6-11-18-24,25-19-12-7-13-20-25)22-23-15-8-5-9-16-23/h5-13,15-20H,2-4,14,21-22H2,1H3/q+1. The van der Waals surface area contributed by atoms with Crippen LogP contribution in [0.1, 0.15) is 38.2 Å². The van der Waals surface area contributed by atoms with E-state index in [4.69, 9.17) is 0 Å². The molecular weight excluding hydrogens is 331 g/mol. The average molecular weight is 361 g/mol. The predicted molar refractivity (Wildman–Crippen MR) is 118 cm³/mol. The normalized spacial score (nSPS) is 11.4. The first-order valence-corrected chi connectivity index (χ1v) is 12.0. The van der Waals surface area contributed by atoms with Crippen LogP contribution in [0.15, 0.2) is 91.0 Å². The van der Waals surface area contributed by atoms with Gasteiger partial charge in [0.1, 0.15) is 0 Å². The summed E-state index contributed by atoms with van der Waals surface area (Å²) in [4.78, 5) is 0. The van der Waals surface area contributed by atoms with E-state index in [-0.39, 0.29) is 0 Å². The highest BCUT2D eigenvalue weighted by Gasteiger charge is 2.42. The second kappa shape index (κ2) is 9.70. The largest absolute Gasteiger partial charge is 0.0995 e. The van der Waals surface area contributed by atoms with E-state index in [1.807, 2.05) is 0 Å². The minimum atomic E-state index is -1.46. The Kier molecular flexibility index (Phi) is 7.04. The lowest BCUT2D eigenvalue weighted by Crippen LogP contribution is -2.26. The zero-order chi connectivity index (χ0) is 18.1. The number of rotatable bonds is 9. The Morgan fingerprint density at radius 3 is 1.58 bits per heavy atom. The van der Waals surface area contributed by atoms with E-state index in [0.29, 0.717) is 0 Å². The zero-order valence-corrected chi connectivity index (χ0v) is 16.7. The van der Waals surface area contributed by atoms with Crippen molar-refractivity contribution in [1.29, 1.82) is 0 Å². The third kappa shape index (κ3) is 4.63. The summed E-state index contributed by atoms with van der Waals surface area (Å²) < 4.78 is 0. The third-order valence-electron chi connectivity index (χ3n) is 5.19. The quantitative estimate of drug-likeness (QED) is 0.304. The minimum absolute atomic E-state index is 1.16. The van der Waals surface area contributed by atoms with Crippen LogP contribution in [0.4, 0.5) is 0 Å². The highest BCUT2D eigenvalue weighted by molar-refractivity contribution is 7.88. The monoisotopic (exact) mass is 361 g/mol. The summed E-state index contributed by atoms with van der Waals surface area (Å²) in [7, 11) is -1.46. The van der Waals surface area contributed by atoms with E-state index in [9.17, 15) is 0 Å². The Labute approximate surface area is 159 Å². The van der Waals surface area contributed by atoms with Crippen LogP contribution in [0, 0.1) is 0 Å². The first kappa shape index (κ1) is 18.9. The van der Waals surface area contributed by atoms with Crippen LogP contribution in [0.25, 0.3) is 0 Å². The van der Waals surface area contributed by atoms with Gasteiger partial charge in [0.25, 0.3) is 0 Å². The van der Waals surface area contributed by atoms with Gasteiger partial charge < -0.3 is 0 Å². The molecule has 0 aliphatic heterocycles. The summed E-state index contributed by atoms with van der Waals surface area (Å²) >= 11 is 0. The molecule has 0 spiro atoms. The summed E-state index contributed by atoms with van der Waals surface area (Å²) in [5.41, 5.74) is 1.46. The van der Waals surface area contributed by atoms with Crippen LogP contribution in [0.5, 0.6) is 0 Å². The van der Waals surface area contributed by atoms with Gasteiger partial charge in [0.05, 0.1) is 30.2 Å². The van der Waals surface area contributed by atoms with Gasteiger partial charge in [-0.3, -0.25) is 0 Å². The maximum atomic E-state index is 2.36. The van der Waals surface area contributed by atoms with Crippen LogP contribution in [-0.2, 0) is 6.16 Å². The van der Waals surface area contributed by atoms with Crippen LogP contribution in [-0.4, -0.2) is 6.16 Å². The molecule has 3 rings (SSSR count). The fraction of sp³-hybridized carbons (Fsp3) is 0.280. The Hall–Kier alpha value is -1.91. The molecule has 0 atom stereocenters. The van der Waals surface area contributed by atoms with Crippen molar-refractivity contribution >= 4 is 17.9 Å². The van der Waals surface area contributed by atoms with Crippen molar-refractivity contribution in [3.05, 3.63) is 96.6 Å². The van der Waals surface area contributed by atoms with Crippen LogP contribution >= 0.6 is 7.26 Å². The van der Waals surface area contributed by atoms with Gasteiger partial charge in [-0.25, -0.2) is 0 Å². The SMILES string of the molecule is CCCCCC[P+](Cc1ccccc1)(c1ccccc1)c1ccccc1. The van der Waals surface area contributed by atoms with Gasteiger partial charge in [-0.05, 0) is 42.7 Å². The van der Waals surface area contributed by atoms with Crippen molar-refractivity contribution in [1.82, 2.24) is 0 Å². The number of hydrogen-bond acceptors (Lipinski definition) is 0. The van der Waals surface area contributed by atoms with Gasteiger partial charge in [0.15, 0.2) is 0 Å². The minimum Gasteiger partial charge on any atom is -0.0654 e. The Morgan fingerprint density at radius 2 is 1.08 bits per heavy atom. The summed E-state index contributed by atoms with van der Waals surface area (Å²) in [5, 5.41) is 3.10. The van der Waals surface area contributed by atoms with Crippen molar-refractivity contribution in [2.45, 2.75) is 38.8 Å². The first-order chi connectivity index (χ1) is 12.8. The summed E-state index contributed by atoms with van der Waals surface area (Å²) in [5.74, 6) is 0. The molecule has 0 amide bonds. The molecule has 134 valence electrons. The second-order valence-corrected chi connectivity index (χ2v) is 10.8. The van der Waals surface area contributed by atoms with Crippen molar-refractivity contribution < 1.29 is 0 Å². The number of benzene rings is 3. The molecule has 0 saturated carbocycles. The van der Waals surface area contributed by atoms with Gasteiger partial charge in [0, 0.05) is 0 Å². The molecule has 0 N–H and O–H groups in total. The van der Waals surface area contributed by atoms with Crippen LogP contribution in [0.2, 0.25) is 0 Å². The molecule has 3 aromatic rings. The topological polar surface area (TPSA) is 0 Å². The van der Waals surface area contributed by atoms with Gasteiger partial charge in [-0.15, -0.1) is 0 Å². The highest BCUT2D eigenvalue weighted by atomic mass is 31.2. The molecule has 0 heterocycles. The van der Waals surface area contributed by atoms with E-state index in [2.05, 4.69) is 97.9 Å². The molecule has 0 bridgehead atoms. The predicted octanol–water partition coefficient (Wildman–Crippen LogP) is 6.44. The van der Waals surface area contributed by atoms with E-state index in [1.165, 1.54) is 37.4 Å². The molecule has 0 aliphatic carbocycles. The van der Waals surface area contributed by atoms with E-state index in [1.54, 1.807) is 10.6 Å². The summed E-state index contributed by atoms with van der Waals surface area (Å²) in [6.07, 6.45) is 7.75. The molecule has 0 radical (unpaired) electrons. The fourth-order valence-corrected chi connectivity index (χ4v) is 8.22. The lowest BCUT2D eigenvalue weighted by atomic mass is 10.2. The Morgan fingerprint density at radius 1 is 0.577 bits per heavy atom. The van der Waals surface area contributed by atoms with Crippen molar-refractivity contribution in [3.63, 3.8) is 0 Å². The van der Waals surface area contributed by atoms with Crippen LogP contribution < -0.4 is 10.6 Å². The lowest BCUT2D eigenvalue weighted by Gasteiger charge is -2.28. The molecule has 0 saturated heterocycles. The smallest absolute Gasteiger partial charge is 0.0654 e. The Bertz CT molecular complexity index is 710. The molecule has 3 aromatic carbocycles.